The Balaban J connectivity index is 2.12. The summed E-state index contributed by atoms with van der Waals surface area (Å²) in [6.45, 7) is 5.71. The van der Waals surface area contributed by atoms with Crippen LogP contribution in [0.4, 0.5) is 0 Å². The quantitative estimate of drug-likeness (QED) is 0.541. The first-order chi connectivity index (χ1) is 7.38. The van der Waals surface area contributed by atoms with Gasteiger partial charge in [-0.25, -0.2) is 0 Å². The van der Waals surface area contributed by atoms with Crippen LogP contribution < -0.4 is 10.6 Å². The molecule has 2 N–H and O–H groups in total. The molecular formula is C12H18N2S. The predicted octanol–water partition coefficient (Wildman–Crippen LogP) is 1.62. The molecule has 82 valence electrons. The molecule has 0 aliphatic heterocycles. The van der Waals surface area contributed by atoms with E-state index in [0.717, 1.165) is 26.1 Å². The number of thiophene rings is 1. The van der Waals surface area contributed by atoms with Crippen LogP contribution in [0.5, 0.6) is 0 Å². The van der Waals surface area contributed by atoms with E-state index in [1.165, 1.54) is 10.4 Å². The molecule has 0 fully saturated rings. The summed E-state index contributed by atoms with van der Waals surface area (Å²) in [5.74, 6) is 2.55. The molecule has 0 aliphatic carbocycles. The van der Waals surface area contributed by atoms with Crippen molar-refractivity contribution >= 4 is 11.3 Å². The smallest absolute Gasteiger partial charge is 0.0574 e. The van der Waals surface area contributed by atoms with Crippen molar-refractivity contribution in [3.05, 3.63) is 21.9 Å². The van der Waals surface area contributed by atoms with Crippen molar-refractivity contribution < 1.29 is 0 Å². The number of nitrogens with one attached hydrogen (secondary N) is 2. The molecule has 1 rings (SSSR count). The van der Waals surface area contributed by atoms with Crippen LogP contribution in [0.1, 0.15) is 17.4 Å². The number of terminal acetylenes is 1. The molecule has 0 radical (unpaired) electrons. The Morgan fingerprint density at radius 1 is 1.40 bits per heavy atom. The predicted molar refractivity (Wildman–Crippen MR) is 67.1 cm³/mol. The standard InChI is InChI=1S/C12H18N2S/c1-3-6-13-7-8-14-10-12-11(4-2)5-9-15-12/h1,5,9,13-14H,4,6-8,10H2,2H3. The lowest BCUT2D eigenvalue weighted by Crippen LogP contribution is -2.27. The minimum Gasteiger partial charge on any atom is -0.311 e. The molecule has 0 bridgehead atoms. The van der Waals surface area contributed by atoms with E-state index in [-0.39, 0.29) is 0 Å². The van der Waals surface area contributed by atoms with E-state index >= 15 is 0 Å². The molecular weight excluding hydrogens is 204 g/mol. The van der Waals surface area contributed by atoms with Gasteiger partial charge < -0.3 is 10.6 Å². The number of hydrogen-bond acceptors (Lipinski definition) is 3. The second-order valence-corrected chi connectivity index (χ2v) is 4.28. The van der Waals surface area contributed by atoms with Gasteiger partial charge in [-0.05, 0) is 23.4 Å². The maximum Gasteiger partial charge on any atom is 0.0574 e. The van der Waals surface area contributed by atoms with Gasteiger partial charge in [0.15, 0.2) is 0 Å². The maximum atomic E-state index is 5.13. The molecule has 1 heterocycles. The molecule has 0 atom stereocenters. The van der Waals surface area contributed by atoms with E-state index in [4.69, 9.17) is 6.42 Å². The molecule has 0 amide bonds. The van der Waals surface area contributed by atoms with E-state index in [1.807, 2.05) is 11.3 Å². The van der Waals surface area contributed by atoms with Gasteiger partial charge >= 0.3 is 0 Å². The van der Waals surface area contributed by atoms with Crippen LogP contribution in [0.3, 0.4) is 0 Å². The highest BCUT2D eigenvalue weighted by atomic mass is 32.1. The SMILES string of the molecule is C#CCNCCNCc1sccc1CC. The van der Waals surface area contributed by atoms with Crippen molar-refractivity contribution in [2.75, 3.05) is 19.6 Å². The number of rotatable bonds is 7. The Morgan fingerprint density at radius 2 is 2.20 bits per heavy atom. The Bertz CT molecular complexity index is 312. The van der Waals surface area contributed by atoms with Crippen molar-refractivity contribution in [2.24, 2.45) is 0 Å². The van der Waals surface area contributed by atoms with E-state index in [0.29, 0.717) is 6.54 Å². The Morgan fingerprint density at radius 3 is 2.93 bits per heavy atom. The fraction of sp³-hybridized carbons (Fsp3) is 0.500. The monoisotopic (exact) mass is 222 g/mol. The molecule has 0 unspecified atom stereocenters. The molecule has 0 aliphatic rings. The van der Waals surface area contributed by atoms with E-state index < -0.39 is 0 Å². The van der Waals surface area contributed by atoms with Crippen LogP contribution in [-0.4, -0.2) is 19.6 Å². The van der Waals surface area contributed by atoms with Gasteiger partial charge in [-0.3, -0.25) is 0 Å². The van der Waals surface area contributed by atoms with E-state index in [9.17, 15) is 0 Å². The Kier molecular flexibility index (Phi) is 6.10. The van der Waals surface area contributed by atoms with Crippen LogP contribution >= 0.6 is 11.3 Å². The van der Waals surface area contributed by atoms with Gasteiger partial charge in [0.25, 0.3) is 0 Å². The summed E-state index contributed by atoms with van der Waals surface area (Å²) in [7, 11) is 0. The van der Waals surface area contributed by atoms with Crippen molar-refractivity contribution in [3.63, 3.8) is 0 Å². The molecule has 1 aromatic heterocycles. The second kappa shape index (κ2) is 7.47. The number of hydrogen-bond donors (Lipinski definition) is 2. The van der Waals surface area contributed by atoms with E-state index in [2.05, 4.69) is 34.9 Å². The molecule has 0 saturated carbocycles. The van der Waals surface area contributed by atoms with Gasteiger partial charge in [0.1, 0.15) is 0 Å². The minimum absolute atomic E-state index is 0.654. The molecule has 2 nitrogen and oxygen atoms in total. The van der Waals surface area contributed by atoms with Crippen molar-refractivity contribution in [1.29, 1.82) is 0 Å². The summed E-state index contributed by atoms with van der Waals surface area (Å²) in [6, 6.07) is 2.21. The fourth-order valence-corrected chi connectivity index (χ4v) is 2.32. The van der Waals surface area contributed by atoms with Crippen LogP contribution in [-0.2, 0) is 13.0 Å². The Hall–Kier alpha value is -0.820. The third kappa shape index (κ3) is 4.48. The van der Waals surface area contributed by atoms with Gasteiger partial charge in [0.05, 0.1) is 6.54 Å². The first-order valence-corrected chi connectivity index (χ1v) is 6.16. The number of aryl methyl sites for hydroxylation is 1. The molecule has 0 aromatic carbocycles. The first-order valence-electron chi connectivity index (χ1n) is 5.28. The summed E-state index contributed by atoms with van der Waals surface area (Å²) in [4.78, 5) is 1.45. The van der Waals surface area contributed by atoms with Crippen LogP contribution in [0, 0.1) is 12.3 Å². The zero-order valence-electron chi connectivity index (χ0n) is 9.18. The summed E-state index contributed by atoms with van der Waals surface area (Å²) in [5.41, 5.74) is 1.46. The lowest BCUT2D eigenvalue weighted by Gasteiger charge is -2.04. The normalized spacial score (nSPS) is 10.1. The molecule has 15 heavy (non-hydrogen) atoms. The summed E-state index contributed by atoms with van der Waals surface area (Å²) in [6.07, 6.45) is 6.25. The highest BCUT2D eigenvalue weighted by molar-refractivity contribution is 7.10. The largest absolute Gasteiger partial charge is 0.311 e. The van der Waals surface area contributed by atoms with Crippen LogP contribution in [0.25, 0.3) is 0 Å². The average molecular weight is 222 g/mol. The zero-order chi connectivity index (χ0) is 10.9. The lowest BCUT2D eigenvalue weighted by molar-refractivity contribution is 0.640. The zero-order valence-corrected chi connectivity index (χ0v) is 9.99. The highest BCUT2D eigenvalue weighted by Gasteiger charge is 2.00. The van der Waals surface area contributed by atoms with E-state index in [1.54, 1.807) is 0 Å². The van der Waals surface area contributed by atoms with Crippen LogP contribution in [0.15, 0.2) is 11.4 Å². The molecule has 1 aromatic rings. The lowest BCUT2D eigenvalue weighted by atomic mass is 10.2. The van der Waals surface area contributed by atoms with Gasteiger partial charge in [-0.15, -0.1) is 17.8 Å². The highest BCUT2D eigenvalue weighted by Crippen LogP contribution is 2.16. The van der Waals surface area contributed by atoms with Crippen molar-refractivity contribution in [2.45, 2.75) is 19.9 Å². The van der Waals surface area contributed by atoms with Crippen molar-refractivity contribution in [1.82, 2.24) is 10.6 Å². The maximum absolute atomic E-state index is 5.13. The first kappa shape index (κ1) is 12.3. The van der Waals surface area contributed by atoms with Gasteiger partial charge in [0, 0.05) is 24.5 Å². The topological polar surface area (TPSA) is 24.1 Å². The third-order valence-electron chi connectivity index (χ3n) is 2.21. The van der Waals surface area contributed by atoms with Gasteiger partial charge in [-0.1, -0.05) is 12.8 Å². The van der Waals surface area contributed by atoms with Crippen LogP contribution in [0.2, 0.25) is 0 Å². The van der Waals surface area contributed by atoms with Gasteiger partial charge in [0.2, 0.25) is 0 Å². The minimum atomic E-state index is 0.654. The second-order valence-electron chi connectivity index (χ2n) is 3.28. The molecule has 0 spiro atoms. The fourth-order valence-electron chi connectivity index (χ4n) is 1.38. The average Bonchev–Trinajstić information content (AvgIpc) is 2.70. The molecule has 3 heteroatoms. The van der Waals surface area contributed by atoms with Gasteiger partial charge in [-0.2, -0.15) is 0 Å². The summed E-state index contributed by atoms with van der Waals surface area (Å²) >= 11 is 1.83. The Labute approximate surface area is 96.1 Å². The van der Waals surface area contributed by atoms with Crippen molar-refractivity contribution in [3.8, 4) is 12.3 Å². The summed E-state index contributed by atoms with van der Waals surface area (Å²) < 4.78 is 0. The summed E-state index contributed by atoms with van der Waals surface area (Å²) in [5, 5.41) is 8.71. The third-order valence-corrected chi connectivity index (χ3v) is 3.17. The molecule has 0 saturated heterocycles.